The monoisotopic (exact) mass is 374 g/mol. The smallest absolute Gasteiger partial charge is 0.317 e. The predicted octanol–water partition coefficient (Wildman–Crippen LogP) is 1.60. The van der Waals surface area contributed by atoms with E-state index < -0.39 is 0 Å². The van der Waals surface area contributed by atoms with Crippen LogP contribution in [0.1, 0.15) is 0 Å². The van der Waals surface area contributed by atoms with Crippen molar-refractivity contribution in [2.45, 2.75) is 0 Å². The summed E-state index contributed by atoms with van der Waals surface area (Å²) in [7, 11) is 0. The Morgan fingerprint density at radius 3 is 2.50 bits per heavy atom. The number of benzene rings is 1. The third-order valence-corrected chi connectivity index (χ3v) is 4.15. The second-order valence-electron chi connectivity index (χ2n) is 5.74. The average molecular weight is 375 g/mol. The average Bonchev–Trinajstić information content (AvgIpc) is 2.67. The maximum atomic E-state index is 12.2. The van der Waals surface area contributed by atoms with Gasteiger partial charge in [0.15, 0.2) is 0 Å². The normalized spacial score (nSPS) is 14.0. The van der Waals surface area contributed by atoms with E-state index in [1.165, 1.54) is 0 Å². The van der Waals surface area contributed by atoms with Gasteiger partial charge in [-0.05, 0) is 24.3 Å². The van der Waals surface area contributed by atoms with Crippen molar-refractivity contribution < 1.29 is 9.59 Å². The van der Waals surface area contributed by atoms with Crippen molar-refractivity contribution in [2.24, 2.45) is 0 Å². The third-order valence-electron chi connectivity index (χ3n) is 3.91. The Labute approximate surface area is 156 Å². The molecule has 2 aromatic rings. The van der Waals surface area contributed by atoms with E-state index >= 15 is 0 Å². The lowest BCUT2D eigenvalue weighted by Crippen LogP contribution is -2.53. The van der Waals surface area contributed by atoms with Gasteiger partial charge in [0.1, 0.15) is 0 Å². The molecule has 8 nitrogen and oxygen atoms in total. The van der Waals surface area contributed by atoms with Gasteiger partial charge < -0.3 is 20.4 Å². The van der Waals surface area contributed by atoms with Crippen LogP contribution in [0.5, 0.6) is 0 Å². The number of hydrogen-bond acceptors (Lipinski definition) is 5. The van der Waals surface area contributed by atoms with Gasteiger partial charge in [0.05, 0.1) is 6.54 Å². The summed E-state index contributed by atoms with van der Waals surface area (Å²) in [6, 6.07) is 8.34. The van der Waals surface area contributed by atoms with Crippen molar-refractivity contribution in [1.29, 1.82) is 0 Å². The molecule has 2 N–H and O–H groups in total. The molecule has 136 valence electrons. The Hall–Kier alpha value is -2.87. The van der Waals surface area contributed by atoms with Crippen LogP contribution in [-0.2, 0) is 4.79 Å². The summed E-state index contributed by atoms with van der Waals surface area (Å²) in [6.45, 7) is 2.27. The second kappa shape index (κ2) is 8.48. The molecule has 0 aliphatic carbocycles. The van der Waals surface area contributed by atoms with E-state index in [9.17, 15) is 9.59 Å². The van der Waals surface area contributed by atoms with Crippen LogP contribution in [0.2, 0.25) is 5.02 Å². The summed E-state index contributed by atoms with van der Waals surface area (Å²) in [4.78, 5) is 36.3. The minimum absolute atomic E-state index is 0.104. The predicted molar refractivity (Wildman–Crippen MR) is 99.3 cm³/mol. The summed E-state index contributed by atoms with van der Waals surface area (Å²) < 4.78 is 0. The van der Waals surface area contributed by atoms with Crippen LogP contribution in [0, 0.1) is 0 Å². The van der Waals surface area contributed by atoms with Gasteiger partial charge >= 0.3 is 6.03 Å². The SMILES string of the molecule is O=C(CNC(=O)N1CCN(c2ncccn2)CC1)Nc1cccc(Cl)c1. The van der Waals surface area contributed by atoms with Crippen molar-refractivity contribution in [3.05, 3.63) is 47.7 Å². The van der Waals surface area contributed by atoms with E-state index in [4.69, 9.17) is 11.6 Å². The molecule has 1 saturated heterocycles. The van der Waals surface area contributed by atoms with Gasteiger partial charge in [-0.15, -0.1) is 0 Å². The number of urea groups is 1. The zero-order chi connectivity index (χ0) is 18.4. The van der Waals surface area contributed by atoms with Gasteiger partial charge in [-0.1, -0.05) is 17.7 Å². The van der Waals surface area contributed by atoms with Crippen LogP contribution in [0.15, 0.2) is 42.7 Å². The number of nitrogens with one attached hydrogen (secondary N) is 2. The number of aromatic nitrogens is 2. The van der Waals surface area contributed by atoms with Crippen LogP contribution >= 0.6 is 11.6 Å². The van der Waals surface area contributed by atoms with Crippen LogP contribution in [0.25, 0.3) is 0 Å². The third kappa shape index (κ3) is 4.82. The van der Waals surface area contributed by atoms with Crippen molar-refractivity contribution >= 4 is 35.2 Å². The van der Waals surface area contributed by atoms with Gasteiger partial charge in [0.2, 0.25) is 11.9 Å². The lowest BCUT2D eigenvalue weighted by Gasteiger charge is -2.34. The minimum Gasteiger partial charge on any atom is -0.337 e. The largest absolute Gasteiger partial charge is 0.337 e. The summed E-state index contributed by atoms with van der Waals surface area (Å²) in [5.74, 6) is 0.352. The topological polar surface area (TPSA) is 90.5 Å². The summed E-state index contributed by atoms with van der Waals surface area (Å²) >= 11 is 5.87. The maximum Gasteiger partial charge on any atom is 0.317 e. The quantitative estimate of drug-likeness (QED) is 0.848. The van der Waals surface area contributed by atoms with E-state index in [0.717, 1.165) is 0 Å². The molecule has 0 bridgehead atoms. The first-order chi connectivity index (χ1) is 12.6. The molecule has 2 heterocycles. The Morgan fingerprint density at radius 1 is 1.08 bits per heavy atom. The molecular weight excluding hydrogens is 356 g/mol. The zero-order valence-electron chi connectivity index (χ0n) is 14.1. The second-order valence-corrected chi connectivity index (χ2v) is 6.18. The highest BCUT2D eigenvalue weighted by atomic mass is 35.5. The minimum atomic E-state index is -0.308. The molecule has 0 radical (unpaired) electrons. The summed E-state index contributed by atoms with van der Waals surface area (Å²) in [6.07, 6.45) is 3.39. The van der Waals surface area contributed by atoms with Gasteiger partial charge in [-0.25, -0.2) is 14.8 Å². The number of carbonyl (C=O) groups is 2. The molecule has 0 spiro atoms. The first-order valence-corrected chi connectivity index (χ1v) is 8.60. The molecule has 3 rings (SSSR count). The van der Waals surface area contributed by atoms with E-state index in [0.29, 0.717) is 42.8 Å². The molecule has 0 atom stereocenters. The lowest BCUT2D eigenvalue weighted by atomic mass is 10.3. The van der Waals surface area contributed by atoms with Crippen LogP contribution in [-0.4, -0.2) is 59.5 Å². The standard InChI is InChI=1S/C17H19ClN6O2/c18-13-3-1-4-14(11-13)22-15(25)12-21-17(26)24-9-7-23(8-10-24)16-19-5-2-6-20-16/h1-6,11H,7-10,12H2,(H,21,26)(H,22,25). The maximum absolute atomic E-state index is 12.2. The summed E-state index contributed by atoms with van der Waals surface area (Å²) in [5, 5.41) is 5.86. The number of carbonyl (C=O) groups excluding carboxylic acids is 2. The molecule has 1 aliphatic rings. The molecule has 1 aliphatic heterocycles. The van der Waals surface area contributed by atoms with Crippen molar-refractivity contribution in [3.63, 3.8) is 0 Å². The highest BCUT2D eigenvalue weighted by molar-refractivity contribution is 6.30. The van der Waals surface area contributed by atoms with E-state index in [1.54, 1.807) is 47.6 Å². The van der Waals surface area contributed by atoms with Gasteiger partial charge in [-0.2, -0.15) is 0 Å². The fraction of sp³-hybridized carbons (Fsp3) is 0.294. The molecule has 1 aromatic heterocycles. The fourth-order valence-corrected chi connectivity index (χ4v) is 2.79. The lowest BCUT2D eigenvalue weighted by molar-refractivity contribution is -0.115. The highest BCUT2D eigenvalue weighted by Crippen LogP contribution is 2.14. The van der Waals surface area contributed by atoms with Crippen LogP contribution in [0.4, 0.5) is 16.4 Å². The van der Waals surface area contributed by atoms with Crippen molar-refractivity contribution in [3.8, 4) is 0 Å². The number of rotatable bonds is 4. The van der Waals surface area contributed by atoms with E-state index in [1.807, 2.05) is 4.90 Å². The van der Waals surface area contributed by atoms with Gasteiger partial charge in [0, 0.05) is 49.3 Å². The number of amides is 3. The first-order valence-electron chi connectivity index (χ1n) is 8.22. The zero-order valence-corrected chi connectivity index (χ0v) is 14.8. The molecule has 0 saturated carbocycles. The molecule has 1 fully saturated rings. The highest BCUT2D eigenvalue weighted by Gasteiger charge is 2.22. The summed E-state index contributed by atoms with van der Waals surface area (Å²) in [5.41, 5.74) is 0.591. The number of hydrogen-bond donors (Lipinski definition) is 2. The van der Waals surface area contributed by atoms with Gasteiger partial charge in [0.25, 0.3) is 0 Å². The van der Waals surface area contributed by atoms with Gasteiger partial charge in [-0.3, -0.25) is 4.79 Å². The Bertz CT molecular complexity index is 765. The Morgan fingerprint density at radius 2 is 1.81 bits per heavy atom. The number of halogens is 1. The molecule has 1 aromatic carbocycles. The fourth-order valence-electron chi connectivity index (χ4n) is 2.60. The van der Waals surface area contributed by atoms with Crippen LogP contribution in [0.3, 0.4) is 0 Å². The van der Waals surface area contributed by atoms with Crippen LogP contribution < -0.4 is 15.5 Å². The number of nitrogens with zero attached hydrogens (tertiary/aromatic N) is 4. The Balaban J connectivity index is 1.42. The Kier molecular flexibility index (Phi) is 5.85. The molecular formula is C17H19ClN6O2. The van der Waals surface area contributed by atoms with E-state index in [2.05, 4.69) is 20.6 Å². The molecule has 3 amide bonds. The molecule has 26 heavy (non-hydrogen) atoms. The number of piperazine rings is 1. The molecule has 9 heteroatoms. The molecule has 0 unspecified atom stereocenters. The van der Waals surface area contributed by atoms with Crippen molar-refractivity contribution in [1.82, 2.24) is 20.2 Å². The van der Waals surface area contributed by atoms with E-state index in [-0.39, 0.29) is 18.5 Å². The first kappa shape index (κ1) is 17.9. The van der Waals surface area contributed by atoms with Crippen molar-refractivity contribution in [2.75, 3.05) is 42.9 Å². The number of anilines is 2.